The second-order valence-corrected chi connectivity index (χ2v) is 3.39. The van der Waals surface area contributed by atoms with Crippen LogP contribution in [-0.4, -0.2) is 16.0 Å². The summed E-state index contributed by atoms with van der Waals surface area (Å²) in [5.74, 6) is 0.0147. The monoisotopic (exact) mass is 212 g/mol. The van der Waals surface area contributed by atoms with Gasteiger partial charge in [-0.1, -0.05) is 30.1 Å². The van der Waals surface area contributed by atoms with Crippen LogP contribution in [0.15, 0.2) is 9.98 Å². The number of aliphatic imine (C=N–C) groups is 2. The van der Waals surface area contributed by atoms with Crippen LogP contribution in [0.5, 0.6) is 0 Å². The van der Waals surface area contributed by atoms with Gasteiger partial charge in [0.2, 0.25) is 5.29 Å². The van der Waals surface area contributed by atoms with E-state index in [0.29, 0.717) is 5.17 Å². The highest BCUT2D eigenvalue weighted by Gasteiger charge is 2.25. The zero-order valence-electron chi connectivity index (χ0n) is 5.89. The summed E-state index contributed by atoms with van der Waals surface area (Å²) in [5.41, 5.74) is -0.363. The van der Waals surface area contributed by atoms with Crippen LogP contribution in [0.1, 0.15) is 13.3 Å². The van der Waals surface area contributed by atoms with Crippen molar-refractivity contribution < 1.29 is 0 Å². The molecule has 0 aliphatic carbocycles. The van der Waals surface area contributed by atoms with E-state index in [-0.39, 0.29) is 16.7 Å². The van der Waals surface area contributed by atoms with Crippen LogP contribution in [0.2, 0.25) is 0 Å². The van der Waals surface area contributed by atoms with E-state index >= 15 is 0 Å². The number of halogens is 3. The van der Waals surface area contributed by atoms with Gasteiger partial charge in [0.05, 0.1) is 0 Å². The van der Waals surface area contributed by atoms with Gasteiger partial charge < -0.3 is 0 Å². The first-order chi connectivity index (χ1) is 5.15. The van der Waals surface area contributed by atoms with Crippen LogP contribution in [-0.2, 0) is 0 Å². The molecule has 0 amide bonds. The highest BCUT2D eigenvalue weighted by molar-refractivity contribution is 6.72. The minimum absolute atomic E-state index is 0.0147. The Morgan fingerprint density at radius 2 is 2.09 bits per heavy atom. The molecule has 2 unspecified atom stereocenters. The second kappa shape index (κ2) is 3.74. The fourth-order valence-electron chi connectivity index (χ4n) is 0.868. The van der Waals surface area contributed by atoms with E-state index in [2.05, 4.69) is 9.98 Å². The van der Waals surface area contributed by atoms with Gasteiger partial charge in [0.1, 0.15) is 10.7 Å². The van der Waals surface area contributed by atoms with Crippen LogP contribution in [0.25, 0.3) is 0 Å². The van der Waals surface area contributed by atoms with E-state index < -0.39 is 0 Å². The van der Waals surface area contributed by atoms with Crippen molar-refractivity contribution in [2.75, 3.05) is 0 Å². The Labute approximate surface area is 80.3 Å². The van der Waals surface area contributed by atoms with E-state index in [1.807, 2.05) is 6.92 Å². The molecule has 1 aliphatic rings. The number of nitrogens with zero attached hydrogens (tertiary/aromatic N) is 2. The molecule has 0 aromatic heterocycles. The third kappa shape index (κ3) is 2.08. The molecule has 0 spiro atoms. The van der Waals surface area contributed by atoms with Gasteiger partial charge in [0.25, 0.3) is 0 Å². The number of alkyl halides is 1. The molecule has 0 radical (unpaired) electrons. The van der Waals surface area contributed by atoms with Crippen molar-refractivity contribution in [3.05, 3.63) is 0 Å². The zero-order chi connectivity index (χ0) is 8.43. The predicted molar refractivity (Wildman–Crippen MR) is 50.0 cm³/mol. The van der Waals surface area contributed by atoms with Crippen molar-refractivity contribution in [1.29, 1.82) is 0 Å². The van der Waals surface area contributed by atoms with E-state index in [0.717, 1.165) is 6.42 Å². The maximum atomic E-state index is 5.84. The molecule has 0 N–H and O–H groups in total. The summed E-state index contributed by atoms with van der Waals surface area (Å²) >= 11 is 17.1. The summed E-state index contributed by atoms with van der Waals surface area (Å²) in [7, 11) is 0. The lowest BCUT2D eigenvalue weighted by molar-refractivity contribution is 0.636. The molecule has 2 atom stereocenters. The molecule has 0 fully saturated rings. The molecular formula is C6H7Cl3N2. The van der Waals surface area contributed by atoms with Gasteiger partial charge in [-0.2, -0.15) is 0 Å². The Kier molecular flexibility index (Phi) is 3.16. The lowest BCUT2D eigenvalue weighted by atomic mass is 10.1. The van der Waals surface area contributed by atoms with Crippen molar-refractivity contribution in [1.82, 2.24) is 0 Å². The zero-order valence-corrected chi connectivity index (χ0v) is 8.16. The standard InChI is InChI=1S/C6H7Cl3N2/c1-2-3-4(7)10-6(9)11-5(3)8/h3-4H,2H2,1H3. The van der Waals surface area contributed by atoms with Gasteiger partial charge in [0.15, 0.2) is 0 Å². The number of amidine groups is 1. The fourth-order valence-corrected chi connectivity index (χ4v) is 1.97. The average Bonchev–Trinajstić information content (AvgIpc) is 1.85. The van der Waals surface area contributed by atoms with Crippen LogP contribution >= 0.6 is 34.8 Å². The summed E-state index contributed by atoms with van der Waals surface area (Å²) in [6.45, 7) is 1.98. The lowest BCUT2D eigenvalue weighted by Crippen LogP contribution is -2.23. The fraction of sp³-hybridized carbons (Fsp3) is 0.667. The Morgan fingerprint density at radius 1 is 1.45 bits per heavy atom. The third-order valence-electron chi connectivity index (χ3n) is 1.51. The van der Waals surface area contributed by atoms with Gasteiger partial charge in [-0.3, -0.25) is 0 Å². The van der Waals surface area contributed by atoms with Gasteiger partial charge >= 0.3 is 0 Å². The quantitative estimate of drug-likeness (QED) is 0.473. The first-order valence-electron chi connectivity index (χ1n) is 3.26. The van der Waals surface area contributed by atoms with Gasteiger partial charge in [-0.15, -0.1) is 0 Å². The van der Waals surface area contributed by atoms with Gasteiger partial charge in [-0.05, 0) is 18.0 Å². The van der Waals surface area contributed by atoms with E-state index in [1.165, 1.54) is 0 Å². The van der Waals surface area contributed by atoms with Gasteiger partial charge in [0, 0.05) is 5.92 Å². The smallest absolute Gasteiger partial charge is 0.220 e. The number of hydrogen-bond acceptors (Lipinski definition) is 2. The maximum Gasteiger partial charge on any atom is 0.220 e. The minimum Gasteiger partial charge on any atom is -0.236 e. The number of hydrogen-bond donors (Lipinski definition) is 0. The van der Waals surface area contributed by atoms with Crippen molar-refractivity contribution in [2.45, 2.75) is 18.8 Å². The Morgan fingerprint density at radius 3 is 2.55 bits per heavy atom. The van der Waals surface area contributed by atoms with Crippen LogP contribution in [0.4, 0.5) is 0 Å². The molecule has 11 heavy (non-hydrogen) atoms. The summed E-state index contributed by atoms with van der Waals surface area (Å²) in [6.07, 6.45) is 0.824. The topological polar surface area (TPSA) is 24.7 Å². The summed E-state index contributed by atoms with van der Waals surface area (Å²) in [4.78, 5) is 7.66. The van der Waals surface area contributed by atoms with E-state index in [1.54, 1.807) is 0 Å². The summed E-state index contributed by atoms with van der Waals surface area (Å²) in [6, 6.07) is 0. The Hall–Kier alpha value is 0.210. The maximum absolute atomic E-state index is 5.84. The first-order valence-corrected chi connectivity index (χ1v) is 4.45. The predicted octanol–water partition coefficient (Wildman–Crippen LogP) is 2.82. The van der Waals surface area contributed by atoms with Crippen molar-refractivity contribution >= 4 is 45.3 Å². The Balaban J connectivity index is 2.82. The molecule has 0 aromatic rings. The molecule has 2 nitrogen and oxygen atoms in total. The highest BCUT2D eigenvalue weighted by Crippen LogP contribution is 2.24. The van der Waals surface area contributed by atoms with Gasteiger partial charge in [-0.25, -0.2) is 9.98 Å². The molecule has 0 saturated heterocycles. The summed E-state index contributed by atoms with van der Waals surface area (Å²) in [5, 5.41) is 0.590. The molecule has 0 aromatic carbocycles. The van der Waals surface area contributed by atoms with E-state index in [9.17, 15) is 0 Å². The van der Waals surface area contributed by atoms with Crippen LogP contribution < -0.4 is 0 Å². The highest BCUT2D eigenvalue weighted by atomic mass is 35.5. The largest absolute Gasteiger partial charge is 0.236 e. The summed E-state index contributed by atoms with van der Waals surface area (Å²) < 4.78 is 0. The normalized spacial score (nSPS) is 31.3. The lowest BCUT2D eigenvalue weighted by Gasteiger charge is -2.18. The van der Waals surface area contributed by atoms with Crippen molar-refractivity contribution in [2.24, 2.45) is 15.9 Å². The molecule has 0 bridgehead atoms. The molecule has 0 saturated carbocycles. The SMILES string of the molecule is CCC1C(Cl)=NC(Cl)=NC1Cl. The second-order valence-electron chi connectivity index (χ2n) is 2.22. The molecule has 62 valence electrons. The number of rotatable bonds is 1. The molecule has 1 heterocycles. The minimum atomic E-state index is -0.363. The van der Waals surface area contributed by atoms with E-state index in [4.69, 9.17) is 34.8 Å². The molecular weight excluding hydrogens is 206 g/mol. The average molecular weight is 213 g/mol. The van der Waals surface area contributed by atoms with Crippen LogP contribution in [0.3, 0.4) is 0 Å². The third-order valence-corrected chi connectivity index (χ3v) is 2.46. The van der Waals surface area contributed by atoms with Crippen molar-refractivity contribution in [3.8, 4) is 0 Å². The molecule has 1 rings (SSSR count). The molecule has 1 aliphatic heterocycles. The Bertz CT molecular complexity index is 212. The van der Waals surface area contributed by atoms with Crippen molar-refractivity contribution in [3.63, 3.8) is 0 Å². The van der Waals surface area contributed by atoms with Crippen LogP contribution in [0, 0.1) is 5.92 Å². The molecule has 5 heteroatoms. The first kappa shape index (κ1) is 9.30.